The molecule has 0 saturated carbocycles. The normalized spacial score (nSPS) is 22.9. The largest absolute Gasteiger partial charge is 0.303 e. The number of piperidine rings is 1. The van der Waals surface area contributed by atoms with E-state index in [1.807, 2.05) is 0 Å². The first-order valence-electron chi connectivity index (χ1n) is 6.28. The van der Waals surface area contributed by atoms with Crippen molar-refractivity contribution in [1.82, 2.24) is 4.90 Å². The Labute approximate surface area is 89.9 Å². The van der Waals surface area contributed by atoms with Crippen LogP contribution in [0.5, 0.6) is 0 Å². The van der Waals surface area contributed by atoms with Crippen LogP contribution in [0.3, 0.4) is 0 Å². The Balaban J connectivity index is 2.22. The zero-order valence-corrected chi connectivity index (χ0v) is 10.5. The van der Waals surface area contributed by atoms with Crippen molar-refractivity contribution in [3.63, 3.8) is 0 Å². The van der Waals surface area contributed by atoms with Crippen LogP contribution in [0.25, 0.3) is 0 Å². The zero-order chi connectivity index (χ0) is 10.6. The molecular weight excluding hydrogens is 170 g/mol. The summed E-state index contributed by atoms with van der Waals surface area (Å²) in [6.07, 6.45) is 5.52. The molecule has 1 saturated heterocycles. The molecule has 1 aliphatic rings. The van der Waals surface area contributed by atoms with E-state index in [-0.39, 0.29) is 0 Å². The lowest BCUT2D eigenvalue weighted by Crippen LogP contribution is -2.39. The van der Waals surface area contributed by atoms with Crippen molar-refractivity contribution in [2.45, 2.75) is 53.4 Å². The van der Waals surface area contributed by atoms with E-state index in [0.29, 0.717) is 5.41 Å². The molecular formula is C13H27N. The molecule has 14 heavy (non-hydrogen) atoms. The lowest BCUT2D eigenvalue weighted by Gasteiger charge is -2.39. The van der Waals surface area contributed by atoms with Gasteiger partial charge in [-0.3, -0.25) is 0 Å². The van der Waals surface area contributed by atoms with Gasteiger partial charge in [-0.2, -0.15) is 0 Å². The molecule has 0 spiro atoms. The monoisotopic (exact) mass is 197 g/mol. The summed E-state index contributed by atoms with van der Waals surface area (Å²) in [5.74, 6) is 0.856. The van der Waals surface area contributed by atoms with Gasteiger partial charge in [0.05, 0.1) is 0 Å². The van der Waals surface area contributed by atoms with Gasteiger partial charge in [0, 0.05) is 0 Å². The van der Waals surface area contributed by atoms with Crippen molar-refractivity contribution in [1.29, 1.82) is 0 Å². The fourth-order valence-electron chi connectivity index (χ4n) is 2.11. The van der Waals surface area contributed by atoms with Gasteiger partial charge >= 0.3 is 0 Å². The van der Waals surface area contributed by atoms with Gasteiger partial charge in [-0.15, -0.1) is 0 Å². The van der Waals surface area contributed by atoms with E-state index < -0.39 is 0 Å². The first kappa shape index (κ1) is 12.0. The van der Waals surface area contributed by atoms with Gasteiger partial charge in [-0.25, -0.2) is 0 Å². The highest BCUT2D eigenvalue weighted by atomic mass is 15.1. The standard InChI is InChI=1S/C13H27N/c1-5-13(4)7-10-14(11-8-13)9-6-12(2)3/h12H,5-11H2,1-4H3. The highest BCUT2D eigenvalue weighted by molar-refractivity contribution is 4.81. The quantitative estimate of drug-likeness (QED) is 0.666. The number of hydrogen-bond donors (Lipinski definition) is 0. The van der Waals surface area contributed by atoms with E-state index >= 15 is 0 Å². The van der Waals surface area contributed by atoms with Gasteiger partial charge in [0.15, 0.2) is 0 Å². The fraction of sp³-hybridized carbons (Fsp3) is 1.00. The molecule has 84 valence electrons. The van der Waals surface area contributed by atoms with Crippen LogP contribution in [0, 0.1) is 11.3 Å². The highest BCUT2D eigenvalue weighted by Crippen LogP contribution is 2.33. The molecule has 1 aliphatic heterocycles. The molecule has 0 aromatic rings. The molecule has 1 nitrogen and oxygen atoms in total. The van der Waals surface area contributed by atoms with Crippen molar-refractivity contribution in [3.05, 3.63) is 0 Å². The van der Waals surface area contributed by atoms with Gasteiger partial charge in [0.1, 0.15) is 0 Å². The molecule has 0 amide bonds. The molecule has 0 N–H and O–H groups in total. The fourth-order valence-corrected chi connectivity index (χ4v) is 2.11. The van der Waals surface area contributed by atoms with Crippen molar-refractivity contribution in [3.8, 4) is 0 Å². The molecule has 0 aliphatic carbocycles. The van der Waals surface area contributed by atoms with Crippen LogP contribution in [-0.4, -0.2) is 24.5 Å². The van der Waals surface area contributed by atoms with Gasteiger partial charge in [0.25, 0.3) is 0 Å². The van der Waals surface area contributed by atoms with Crippen molar-refractivity contribution < 1.29 is 0 Å². The average Bonchev–Trinajstić information content (AvgIpc) is 2.17. The van der Waals surface area contributed by atoms with E-state index in [4.69, 9.17) is 0 Å². The number of hydrogen-bond acceptors (Lipinski definition) is 1. The average molecular weight is 197 g/mol. The van der Waals surface area contributed by atoms with Gasteiger partial charge < -0.3 is 4.90 Å². The second kappa shape index (κ2) is 5.16. The Kier molecular flexibility index (Phi) is 4.43. The topological polar surface area (TPSA) is 3.24 Å². The molecule has 1 fully saturated rings. The summed E-state index contributed by atoms with van der Waals surface area (Å²) in [5, 5.41) is 0. The lowest BCUT2D eigenvalue weighted by molar-refractivity contribution is 0.111. The van der Waals surface area contributed by atoms with Crippen LogP contribution < -0.4 is 0 Å². The summed E-state index contributed by atoms with van der Waals surface area (Å²) in [4.78, 5) is 2.65. The molecule has 1 heterocycles. The molecule has 0 radical (unpaired) electrons. The van der Waals surface area contributed by atoms with E-state index in [0.717, 1.165) is 5.92 Å². The molecule has 0 aromatic heterocycles. The Hall–Kier alpha value is -0.0400. The summed E-state index contributed by atoms with van der Waals surface area (Å²) in [6, 6.07) is 0. The zero-order valence-electron chi connectivity index (χ0n) is 10.5. The van der Waals surface area contributed by atoms with E-state index in [9.17, 15) is 0 Å². The Morgan fingerprint density at radius 2 is 1.79 bits per heavy atom. The molecule has 0 bridgehead atoms. The first-order valence-corrected chi connectivity index (χ1v) is 6.28. The van der Waals surface area contributed by atoms with Crippen molar-refractivity contribution in [2.75, 3.05) is 19.6 Å². The highest BCUT2D eigenvalue weighted by Gasteiger charge is 2.27. The van der Waals surface area contributed by atoms with Crippen LogP contribution in [-0.2, 0) is 0 Å². The third-order valence-corrected chi connectivity index (χ3v) is 3.94. The van der Waals surface area contributed by atoms with Crippen LogP contribution in [0.2, 0.25) is 0 Å². The second-order valence-corrected chi connectivity index (χ2v) is 5.69. The summed E-state index contributed by atoms with van der Waals surface area (Å²) >= 11 is 0. The lowest BCUT2D eigenvalue weighted by atomic mass is 9.78. The van der Waals surface area contributed by atoms with E-state index in [1.54, 1.807) is 0 Å². The third-order valence-electron chi connectivity index (χ3n) is 3.94. The molecule has 0 unspecified atom stereocenters. The second-order valence-electron chi connectivity index (χ2n) is 5.69. The maximum absolute atomic E-state index is 2.65. The van der Waals surface area contributed by atoms with Crippen LogP contribution >= 0.6 is 0 Å². The van der Waals surface area contributed by atoms with Gasteiger partial charge in [-0.05, 0) is 50.2 Å². The van der Waals surface area contributed by atoms with Crippen molar-refractivity contribution >= 4 is 0 Å². The van der Waals surface area contributed by atoms with E-state index in [1.165, 1.54) is 45.3 Å². The molecule has 0 atom stereocenters. The van der Waals surface area contributed by atoms with Gasteiger partial charge in [-0.1, -0.05) is 34.1 Å². The minimum absolute atomic E-state index is 0.647. The summed E-state index contributed by atoms with van der Waals surface area (Å²) < 4.78 is 0. The summed E-state index contributed by atoms with van der Waals surface area (Å²) in [6.45, 7) is 13.4. The Morgan fingerprint density at radius 1 is 1.21 bits per heavy atom. The van der Waals surface area contributed by atoms with Crippen LogP contribution in [0.4, 0.5) is 0 Å². The van der Waals surface area contributed by atoms with Gasteiger partial charge in [0.2, 0.25) is 0 Å². The smallest absolute Gasteiger partial charge is 0.00135 e. The Morgan fingerprint density at radius 3 is 2.21 bits per heavy atom. The summed E-state index contributed by atoms with van der Waals surface area (Å²) in [7, 11) is 0. The molecule has 1 heteroatoms. The predicted octanol–water partition coefficient (Wildman–Crippen LogP) is 3.54. The van der Waals surface area contributed by atoms with Crippen molar-refractivity contribution in [2.24, 2.45) is 11.3 Å². The predicted molar refractivity (Wildman–Crippen MR) is 63.5 cm³/mol. The maximum atomic E-state index is 2.65. The van der Waals surface area contributed by atoms with E-state index in [2.05, 4.69) is 32.6 Å². The SMILES string of the molecule is CCC1(C)CCN(CCC(C)C)CC1. The summed E-state index contributed by atoms with van der Waals surface area (Å²) in [5.41, 5.74) is 0.647. The van der Waals surface area contributed by atoms with Crippen LogP contribution in [0.15, 0.2) is 0 Å². The molecule has 1 rings (SSSR count). The first-order chi connectivity index (χ1) is 6.56. The van der Waals surface area contributed by atoms with Crippen LogP contribution in [0.1, 0.15) is 53.4 Å². The maximum Gasteiger partial charge on any atom is -0.00135 e. The number of rotatable bonds is 4. The number of nitrogens with zero attached hydrogens (tertiary/aromatic N) is 1. The molecule has 0 aromatic carbocycles. The minimum atomic E-state index is 0.647. The Bertz CT molecular complexity index is 155. The minimum Gasteiger partial charge on any atom is -0.303 e. The third kappa shape index (κ3) is 3.61. The number of likely N-dealkylation sites (tertiary alicyclic amines) is 1.